The van der Waals surface area contributed by atoms with Gasteiger partial charge < -0.3 is 14.8 Å². The highest BCUT2D eigenvalue weighted by Crippen LogP contribution is 2.26. The van der Waals surface area contributed by atoms with Crippen LogP contribution in [0.4, 0.5) is 0 Å². The number of nitrogens with one attached hydrogen (secondary N) is 1. The normalized spacial score (nSPS) is 11.9. The summed E-state index contributed by atoms with van der Waals surface area (Å²) in [6, 6.07) is 7.38. The second-order valence-corrected chi connectivity index (χ2v) is 7.17. The van der Waals surface area contributed by atoms with Crippen molar-refractivity contribution in [2.45, 2.75) is 32.3 Å². The predicted octanol–water partition coefficient (Wildman–Crippen LogP) is 2.37. The number of rotatable bonds is 7. The molecule has 2 aromatic heterocycles. The molecule has 0 radical (unpaired) electrons. The van der Waals surface area contributed by atoms with Crippen LogP contribution < -0.4 is 5.56 Å². The molecule has 0 saturated carbocycles. The fraction of sp³-hybridized carbons (Fsp3) is 0.286. The highest BCUT2D eigenvalue weighted by Gasteiger charge is 2.24. The van der Waals surface area contributed by atoms with E-state index in [1.165, 1.54) is 7.11 Å². The molecule has 0 aliphatic carbocycles. The largest absolute Gasteiger partial charge is 0.464 e. The van der Waals surface area contributed by atoms with Gasteiger partial charge in [0.2, 0.25) is 0 Å². The summed E-state index contributed by atoms with van der Waals surface area (Å²) in [5.74, 6) is -0.187. The van der Waals surface area contributed by atoms with Crippen molar-refractivity contribution < 1.29 is 14.6 Å². The summed E-state index contributed by atoms with van der Waals surface area (Å²) in [4.78, 5) is 40.1. The number of carbonyl (C=O) groups excluding carboxylic acids is 1. The molecule has 0 saturated heterocycles. The lowest BCUT2D eigenvalue weighted by molar-refractivity contribution is 0.0589. The zero-order chi connectivity index (χ0) is 21.7. The Labute approximate surface area is 178 Å². The van der Waals surface area contributed by atoms with Gasteiger partial charge in [0.05, 0.1) is 19.3 Å². The number of aromatic amines is 1. The zero-order valence-corrected chi connectivity index (χ0v) is 17.3. The van der Waals surface area contributed by atoms with Gasteiger partial charge in [0.15, 0.2) is 5.69 Å². The van der Waals surface area contributed by atoms with Crippen LogP contribution in [-0.2, 0) is 24.2 Å². The quantitative estimate of drug-likeness (QED) is 0.554. The topological polar surface area (TPSA) is 118 Å². The van der Waals surface area contributed by atoms with E-state index in [1.54, 1.807) is 25.4 Å². The van der Waals surface area contributed by atoms with Crippen molar-refractivity contribution >= 4 is 17.6 Å². The van der Waals surface area contributed by atoms with E-state index in [1.807, 2.05) is 18.2 Å². The van der Waals surface area contributed by atoms with Gasteiger partial charge in [-0.3, -0.25) is 4.79 Å². The number of halogens is 1. The van der Waals surface area contributed by atoms with E-state index < -0.39 is 18.1 Å². The molecule has 0 spiro atoms. The van der Waals surface area contributed by atoms with Crippen LogP contribution in [0.25, 0.3) is 0 Å². The summed E-state index contributed by atoms with van der Waals surface area (Å²) < 4.78 is 4.73. The van der Waals surface area contributed by atoms with E-state index in [9.17, 15) is 14.7 Å². The maximum absolute atomic E-state index is 12.5. The third kappa shape index (κ3) is 4.90. The van der Waals surface area contributed by atoms with Gasteiger partial charge in [0.25, 0.3) is 5.56 Å². The first-order valence-electron chi connectivity index (χ1n) is 9.26. The number of ether oxygens (including phenoxy) is 1. The Kier molecular flexibility index (Phi) is 6.91. The minimum atomic E-state index is -0.790. The first-order chi connectivity index (χ1) is 14.4. The Morgan fingerprint density at radius 1 is 1.23 bits per heavy atom. The molecule has 3 aromatic rings. The van der Waals surface area contributed by atoms with Crippen LogP contribution in [0.5, 0.6) is 0 Å². The molecule has 0 amide bonds. The number of carbonyl (C=O) groups is 1. The fourth-order valence-corrected chi connectivity index (χ4v) is 3.34. The fourth-order valence-electron chi connectivity index (χ4n) is 3.12. The van der Waals surface area contributed by atoms with Crippen molar-refractivity contribution in [1.29, 1.82) is 0 Å². The Bertz CT molecular complexity index is 1100. The first kappa shape index (κ1) is 21.6. The van der Waals surface area contributed by atoms with Crippen LogP contribution in [0, 0.1) is 6.92 Å². The molecule has 2 N–H and O–H groups in total. The number of aromatic nitrogens is 4. The number of benzene rings is 1. The molecule has 3 rings (SSSR count). The third-order valence-electron chi connectivity index (χ3n) is 4.70. The lowest BCUT2D eigenvalue weighted by Crippen LogP contribution is -2.26. The molecule has 0 aliphatic heterocycles. The molecular weight excluding hydrogens is 408 g/mol. The van der Waals surface area contributed by atoms with Crippen molar-refractivity contribution in [2.75, 3.05) is 7.11 Å². The molecule has 30 heavy (non-hydrogen) atoms. The molecule has 8 nitrogen and oxygen atoms in total. The highest BCUT2D eigenvalue weighted by molar-refractivity contribution is 6.31. The smallest absolute Gasteiger partial charge is 0.357 e. The standard InChI is InChI=1S/C21H21ClN4O4/c1-12-23-9-13(10-24-12)7-15(8-14-5-3-4-6-17(14)22)19-25-18(21(29)30-2)16(11-27)20(28)26-19/h3-6,9-10,15,27H,7-8,11H2,1-2H3,(H,25,26,28). The Morgan fingerprint density at radius 3 is 2.57 bits per heavy atom. The lowest BCUT2D eigenvalue weighted by Gasteiger charge is -2.18. The van der Waals surface area contributed by atoms with E-state index in [-0.39, 0.29) is 23.0 Å². The second kappa shape index (κ2) is 9.60. The van der Waals surface area contributed by atoms with Crippen LogP contribution in [0.3, 0.4) is 0 Å². The summed E-state index contributed by atoms with van der Waals surface area (Å²) in [7, 11) is 1.19. The molecule has 1 aromatic carbocycles. The van der Waals surface area contributed by atoms with E-state index in [4.69, 9.17) is 16.3 Å². The van der Waals surface area contributed by atoms with Gasteiger partial charge in [-0.05, 0) is 37.0 Å². The number of methoxy groups -OCH3 is 1. The molecule has 0 fully saturated rings. The SMILES string of the molecule is COC(=O)c1nc(C(Cc2cnc(C)nc2)Cc2ccccc2Cl)[nH]c(=O)c1CO. The number of aliphatic hydroxyl groups excluding tert-OH is 1. The van der Waals surface area contributed by atoms with Crippen LogP contribution in [-0.4, -0.2) is 38.1 Å². The summed E-state index contributed by atoms with van der Waals surface area (Å²) in [6.07, 6.45) is 4.33. The third-order valence-corrected chi connectivity index (χ3v) is 5.07. The van der Waals surface area contributed by atoms with E-state index in [0.29, 0.717) is 23.7 Å². The lowest BCUT2D eigenvalue weighted by atomic mass is 9.92. The van der Waals surface area contributed by atoms with E-state index >= 15 is 0 Å². The van der Waals surface area contributed by atoms with E-state index in [2.05, 4.69) is 19.9 Å². The van der Waals surface area contributed by atoms with Crippen molar-refractivity contribution in [2.24, 2.45) is 0 Å². The monoisotopic (exact) mass is 428 g/mol. The number of H-pyrrole nitrogens is 1. The molecular formula is C21H21ClN4O4. The first-order valence-corrected chi connectivity index (χ1v) is 9.64. The minimum Gasteiger partial charge on any atom is -0.464 e. The van der Waals surface area contributed by atoms with Gasteiger partial charge in [-0.2, -0.15) is 0 Å². The summed E-state index contributed by atoms with van der Waals surface area (Å²) in [6.45, 7) is 1.16. The molecule has 1 atom stereocenters. The van der Waals surface area contributed by atoms with Crippen LogP contribution in [0.1, 0.15) is 44.7 Å². The maximum atomic E-state index is 12.5. The van der Waals surface area contributed by atoms with Gasteiger partial charge >= 0.3 is 5.97 Å². The molecule has 9 heteroatoms. The molecule has 2 heterocycles. The Balaban J connectivity index is 2.07. The van der Waals surface area contributed by atoms with Gasteiger partial charge in [-0.1, -0.05) is 29.8 Å². The Hall–Kier alpha value is -3.10. The van der Waals surface area contributed by atoms with Gasteiger partial charge in [0, 0.05) is 23.3 Å². The van der Waals surface area contributed by atoms with Crippen LogP contribution in [0.2, 0.25) is 5.02 Å². The molecule has 156 valence electrons. The number of hydrogen-bond donors (Lipinski definition) is 2. The molecule has 0 aliphatic rings. The van der Waals surface area contributed by atoms with Crippen molar-refractivity contribution in [3.05, 3.63) is 86.1 Å². The van der Waals surface area contributed by atoms with Gasteiger partial charge in [-0.15, -0.1) is 0 Å². The number of aliphatic hydroxyl groups is 1. The highest BCUT2D eigenvalue weighted by atomic mass is 35.5. The Morgan fingerprint density at radius 2 is 1.93 bits per heavy atom. The van der Waals surface area contributed by atoms with E-state index in [0.717, 1.165) is 11.1 Å². The number of nitrogens with zero attached hydrogens (tertiary/aromatic N) is 3. The van der Waals surface area contributed by atoms with Crippen molar-refractivity contribution in [1.82, 2.24) is 19.9 Å². The second-order valence-electron chi connectivity index (χ2n) is 6.76. The number of esters is 1. The van der Waals surface area contributed by atoms with Gasteiger partial charge in [0.1, 0.15) is 11.6 Å². The minimum absolute atomic E-state index is 0.138. The summed E-state index contributed by atoms with van der Waals surface area (Å²) in [5, 5.41) is 10.1. The average molecular weight is 429 g/mol. The number of hydrogen-bond acceptors (Lipinski definition) is 7. The van der Waals surface area contributed by atoms with Crippen LogP contribution in [0.15, 0.2) is 41.5 Å². The maximum Gasteiger partial charge on any atom is 0.357 e. The molecule has 1 unspecified atom stereocenters. The van der Waals surface area contributed by atoms with Crippen LogP contribution >= 0.6 is 11.6 Å². The number of aryl methyl sites for hydroxylation is 1. The summed E-state index contributed by atoms with van der Waals surface area (Å²) >= 11 is 6.34. The van der Waals surface area contributed by atoms with Crippen molar-refractivity contribution in [3.63, 3.8) is 0 Å². The average Bonchev–Trinajstić information content (AvgIpc) is 2.75. The predicted molar refractivity (Wildman–Crippen MR) is 110 cm³/mol. The van der Waals surface area contributed by atoms with Crippen molar-refractivity contribution in [3.8, 4) is 0 Å². The van der Waals surface area contributed by atoms with Gasteiger partial charge in [-0.25, -0.2) is 19.7 Å². The molecule has 0 bridgehead atoms. The zero-order valence-electron chi connectivity index (χ0n) is 16.6. The summed E-state index contributed by atoms with van der Waals surface area (Å²) in [5.41, 5.74) is 0.771.